The van der Waals surface area contributed by atoms with Crippen LogP contribution < -0.4 is 11.1 Å². The average Bonchev–Trinajstić information content (AvgIpc) is 2.49. The Labute approximate surface area is 80.7 Å². The summed E-state index contributed by atoms with van der Waals surface area (Å²) in [6, 6.07) is 1.45. The summed E-state index contributed by atoms with van der Waals surface area (Å²) in [7, 11) is 2.17. The monoisotopic (exact) mass is 183 g/mol. The Morgan fingerprint density at radius 2 is 2.15 bits per heavy atom. The van der Waals surface area contributed by atoms with Gasteiger partial charge in [0.2, 0.25) is 0 Å². The zero-order valence-electron chi connectivity index (χ0n) is 8.50. The third-order valence-corrected chi connectivity index (χ3v) is 3.48. The molecular weight excluding hydrogens is 162 g/mol. The van der Waals surface area contributed by atoms with Gasteiger partial charge >= 0.3 is 0 Å². The van der Waals surface area contributed by atoms with Crippen LogP contribution in [-0.4, -0.2) is 43.7 Å². The van der Waals surface area contributed by atoms with Crippen molar-refractivity contribution >= 4 is 0 Å². The molecule has 3 N–H and O–H groups in total. The molecule has 3 nitrogen and oxygen atoms in total. The van der Waals surface area contributed by atoms with E-state index >= 15 is 0 Å². The van der Waals surface area contributed by atoms with Crippen molar-refractivity contribution in [2.45, 2.75) is 31.3 Å². The van der Waals surface area contributed by atoms with Crippen LogP contribution in [0.25, 0.3) is 0 Å². The first-order valence-corrected chi connectivity index (χ1v) is 5.44. The van der Waals surface area contributed by atoms with Crippen molar-refractivity contribution in [3.05, 3.63) is 0 Å². The van der Waals surface area contributed by atoms with Crippen molar-refractivity contribution in [1.82, 2.24) is 10.2 Å². The molecule has 1 saturated heterocycles. The number of hydrogen-bond donors (Lipinski definition) is 2. The highest BCUT2D eigenvalue weighted by Gasteiger charge is 2.31. The van der Waals surface area contributed by atoms with Crippen LogP contribution in [0.15, 0.2) is 0 Å². The minimum Gasteiger partial charge on any atom is -0.330 e. The number of nitrogens with zero attached hydrogens (tertiary/aromatic N) is 1. The second-order valence-electron chi connectivity index (χ2n) is 4.62. The van der Waals surface area contributed by atoms with Gasteiger partial charge < -0.3 is 16.0 Å². The van der Waals surface area contributed by atoms with E-state index in [4.69, 9.17) is 5.73 Å². The van der Waals surface area contributed by atoms with Crippen molar-refractivity contribution in [3.8, 4) is 0 Å². The SMILES string of the molecule is CN1CC(NC2CCCC2CN)C1. The maximum absolute atomic E-state index is 5.74. The Bertz CT molecular complexity index is 166. The molecular formula is C10H21N3. The first-order valence-electron chi connectivity index (χ1n) is 5.44. The van der Waals surface area contributed by atoms with E-state index in [0.29, 0.717) is 6.04 Å². The van der Waals surface area contributed by atoms with Gasteiger partial charge in [-0.15, -0.1) is 0 Å². The largest absolute Gasteiger partial charge is 0.330 e. The smallest absolute Gasteiger partial charge is 0.0324 e. The molecule has 2 atom stereocenters. The van der Waals surface area contributed by atoms with Crippen LogP contribution in [0.1, 0.15) is 19.3 Å². The topological polar surface area (TPSA) is 41.3 Å². The van der Waals surface area contributed by atoms with Gasteiger partial charge in [0.1, 0.15) is 0 Å². The second kappa shape index (κ2) is 3.95. The van der Waals surface area contributed by atoms with Gasteiger partial charge in [0.05, 0.1) is 0 Å². The fraction of sp³-hybridized carbons (Fsp3) is 1.00. The molecule has 76 valence electrons. The van der Waals surface area contributed by atoms with Crippen LogP contribution in [0.4, 0.5) is 0 Å². The minimum atomic E-state index is 0.712. The van der Waals surface area contributed by atoms with Crippen molar-refractivity contribution in [2.24, 2.45) is 11.7 Å². The molecule has 1 aliphatic heterocycles. The average molecular weight is 183 g/mol. The summed E-state index contributed by atoms with van der Waals surface area (Å²) in [5.74, 6) is 0.742. The molecule has 13 heavy (non-hydrogen) atoms. The number of nitrogens with one attached hydrogen (secondary N) is 1. The van der Waals surface area contributed by atoms with Crippen LogP contribution in [0.3, 0.4) is 0 Å². The summed E-state index contributed by atoms with van der Waals surface area (Å²) >= 11 is 0. The lowest BCUT2D eigenvalue weighted by atomic mass is 10.0. The lowest BCUT2D eigenvalue weighted by molar-refractivity contribution is 0.144. The Balaban J connectivity index is 1.74. The molecule has 3 heteroatoms. The maximum atomic E-state index is 5.74. The van der Waals surface area contributed by atoms with Crippen LogP contribution in [-0.2, 0) is 0 Å². The minimum absolute atomic E-state index is 0.712. The quantitative estimate of drug-likeness (QED) is 0.648. The highest BCUT2D eigenvalue weighted by molar-refractivity contribution is 4.91. The van der Waals surface area contributed by atoms with Gasteiger partial charge in [-0.2, -0.15) is 0 Å². The van der Waals surface area contributed by atoms with Gasteiger partial charge in [0.25, 0.3) is 0 Å². The molecule has 0 bridgehead atoms. The van der Waals surface area contributed by atoms with Gasteiger partial charge in [-0.1, -0.05) is 6.42 Å². The van der Waals surface area contributed by atoms with E-state index in [1.807, 2.05) is 0 Å². The standard InChI is InChI=1S/C10H21N3/c1-13-6-9(7-13)12-10-4-2-3-8(10)5-11/h8-10,12H,2-7,11H2,1H3. The molecule has 1 heterocycles. The predicted molar refractivity (Wildman–Crippen MR) is 54.6 cm³/mol. The third-order valence-electron chi connectivity index (χ3n) is 3.48. The van der Waals surface area contributed by atoms with Crippen LogP contribution >= 0.6 is 0 Å². The molecule has 0 amide bonds. The molecule has 2 unspecified atom stereocenters. The van der Waals surface area contributed by atoms with E-state index in [1.165, 1.54) is 32.4 Å². The number of hydrogen-bond acceptors (Lipinski definition) is 3. The van der Waals surface area contributed by atoms with E-state index in [2.05, 4.69) is 17.3 Å². The molecule has 0 spiro atoms. The predicted octanol–water partition coefficient (Wildman–Crippen LogP) is 0.0174. The molecule has 2 rings (SSSR count). The number of likely N-dealkylation sites (N-methyl/N-ethyl adjacent to an activating group) is 1. The Hall–Kier alpha value is -0.120. The van der Waals surface area contributed by atoms with E-state index in [-0.39, 0.29) is 0 Å². The molecule has 0 aromatic heterocycles. The van der Waals surface area contributed by atoms with Crippen molar-refractivity contribution in [1.29, 1.82) is 0 Å². The first kappa shape index (κ1) is 9.44. The highest BCUT2D eigenvalue weighted by atomic mass is 15.2. The van der Waals surface area contributed by atoms with Gasteiger partial charge in [-0.3, -0.25) is 0 Å². The third kappa shape index (κ3) is 2.03. The highest BCUT2D eigenvalue weighted by Crippen LogP contribution is 2.25. The van der Waals surface area contributed by atoms with Crippen molar-refractivity contribution < 1.29 is 0 Å². The molecule has 0 aromatic carbocycles. The summed E-state index contributed by atoms with van der Waals surface area (Å²) in [5, 5.41) is 3.73. The number of likely N-dealkylation sites (tertiary alicyclic amines) is 1. The number of rotatable bonds is 3. The van der Waals surface area contributed by atoms with Crippen LogP contribution in [0.5, 0.6) is 0 Å². The zero-order chi connectivity index (χ0) is 9.26. The first-order chi connectivity index (χ1) is 6.29. The van der Waals surface area contributed by atoms with Gasteiger partial charge in [0.15, 0.2) is 0 Å². The Morgan fingerprint density at radius 1 is 1.38 bits per heavy atom. The van der Waals surface area contributed by atoms with Gasteiger partial charge in [-0.25, -0.2) is 0 Å². The molecule has 1 aliphatic carbocycles. The zero-order valence-corrected chi connectivity index (χ0v) is 8.50. The van der Waals surface area contributed by atoms with E-state index < -0.39 is 0 Å². The molecule has 0 aromatic rings. The lowest BCUT2D eigenvalue weighted by Crippen LogP contribution is -2.59. The maximum Gasteiger partial charge on any atom is 0.0324 e. The number of nitrogens with two attached hydrogens (primary N) is 1. The van der Waals surface area contributed by atoms with Gasteiger partial charge in [0, 0.05) is 25.2 Å². The van der Waals surface area contributed by atoms with E-state index in [1.54, 1.807) is 0 Å². The summed E-state index contributed by atoms with van der Waals surface area (Å²) < 4.78 is 0. The van der Waals surface area contributed by atoms with Crippen molar-refractivity contribution in [2.75, 3.05) is 26.7 Å². The fourth-order valence-corrected chi connectivity index (χ4v) is 2.65. The Morgan fingerprint density at radius 3 is 2.77 bits per heavy atom. The van der Waals surface area contributed by atoms with Gasteiger partial charge in [-0.05, 0) is 32.4 Å². The van der Waals surface area contributed by atoms with E-state index in [0.717, 1.165) is 18.5 Å². The lowest BCUT2D eigenvalue weighted by Gasteiger charge is -2.39. The summed E-state index contributed by atoms with van der Waals surface area (Å²) in [4.78, 5) is 2.35. The van der Waals surface area contributed by atoms with E-state index in [9.17, 15) is 0 Å². The summed E-state index contributed by atoms with van der Waals surface area (Å²) in [6.07, 6.45) is 4.03. The molecule has 2 aliphatic rings. The normalized spacial score (nSPS) is 36.5. The fourth-order valence-electron chi connectivity index (χ4n) is 2.65. The molecule has 0 radical (unpaired) electrons. The van der Waals surface area contributed by atoms with Crippen LogP contribution in [0, 0.1) is 5.92 Å². The molecule has 1 saturated carbocycles. The summed E-state index contributed by atoms with van der Waals surface area (Å²) in [5.41, 5.74) is 5.74. The second-order valence-corrected chi connectivity index (χ2v) is 4.62. The Kier molecular flexibility index (Phi) is 2.86. The van der Waals surface area contributed by atoms with Crippen LogP contribution in [0.2, 0.25) is 0 Å². The van der Waals surface area contributed by atoms with Crippen molar-refractivity contribution in [3.63, 3.8) is 0 Å². The molecule has 2 fully saturated rings. The summed E-state index contributed by atoms with van der Waals surface area (Å²) in [6.45, 7) is 3.29.